The van der Waals surface area contributed by atoms with Crippen LogP contribution in [-0.4, -0.2) is 64.4 Å². The first-order chi connectivity index (χ1) is 16.3. The third-order valence-corrected chi connectivity index (χ3v) is 7.53. The molecule has 35 heavy (non-hydrogen) atoms. The SMILES string of the molecule is CC(=O)NC[C@H]1CN(c2ccc(C3=CCS(=O)(=NC(=O)C(C)(C)OC(C)=O)CC3)c(F)c2)C(=O)O1. The number of nitrogens with one attached hydrogen (secondary N) is 1. The minimum absolute atomic E-state index is 0.0468. The first kappa shape index (κ1) is 26.3. The van der Waals surface area contributed by atoms with Crippen LogP contribution < -0.4 is 10.2 Å². The maximum atomic E-state index is 15.0. The van der Waals surface area contributed by atoms with Gasteiger partial charge in [-0.25, -0.2) is 13.4 Å². The van der Waals surface area contributed by atoms with Crippen LogP contribution in [0.5, 0.6) is 0 Å². The highest BCUT2D eigenvalue weighted by Crippen LogP contribution is 2.31. The van der Waals surface area contributed by atoms with Crippen LogP contribution in [0.15, 0.2) is 28.6 Å². The van der Waals surface area contributed by atoms with E-state index in [1.165, 1.54) is 44.7 Å². The lowest BCUT2D eigenvalue weighted by atomic mass is 10.0. The monoisotopic (exact) mass is 509 g/mol. The molecule has 3 amide bonds. The quantitative estimate of drug-likeness (QED) is 0.583. The molecule has 0 spiro atoms. The number of anilines is 1. The van der Waals surface area contributed by atoms with Gasteiger partial charge in [-0.1, -0.05) is 6.08 Å². The zero-order chi connectivity index (χ0) is 26.0. The van der Waals surface area contributed by atoms with Gasteiger partial charge in [0.25, 0.3) is 5.91 Å². The number of carbonyl (C=O) groups excluding carboxylic acids is 4. The molecule has 10 nitrogen and oxygen atoms in total. The molecule has 1 fully saturated rings. The Hall–Kier alpha value is -3.28. The van der Waals surface area contributed by atoms with Gasteiger partial charge in [-0.3, -0.25) is 19.3 Å². The second kappa shape index (κ2) is 10.1. The highest BCUT2D eigenvalue weighted by molar-refractivity contribution is 7.94. The summed E-state index contributed by atoms with van der Waals surface area (Å²) >= 11 is 0. The van der Waals surface area contributed by atoms with Gasteiger partial charge in [0.2, 0.25) is 5.91 Å². The Labute approximate surface area is 203 Å². The van der Waals surface area contributed by atoms with Gasteiger partial charge in [0.1, 0.15) is 11.9 Å². The summed E-state index contributed by atoms with van der Waals surface area (Å²) in [5, 5.41) is 2.58. The van der Waals surface area contributed by atoms with E-state index in [9.17, 15) is 27.8 Å². The molecule has 2 aliphatic heterocycles. The highest BCUT2D eigenvalue weighted by Gasteiger charge is 2.34. The van der Waals surface area contributed by atoms with Gasteiger partial charge in [-0.15, -0.1) is 0 Å². The van der Waals surface area contributed by atoms with Gasteiger partial charge in [0.05, 0.1) is 34.3 Å². The first-order valence-corrected chi connectivity index (χ1v) is 12.8. The molecular weight excluding hydrogens is 481 g/mol. The largest absolute Gasteiger partial charge is 0.450 e. The number of hydrogen-bond donors (Lipinski definition) is 1. The molecule has 1 aromatic carbocycles. The van der Waals surface area contributed by atoms with Crippen LogP contribution in [0.2, 0.25) is 0 Å². The zero-order valence-electron chi connectivity index (χ0n) is 20.0. The number of cyclic esters (lactones) is 1. The lowest BCUT2D eigenvalue weighted by Gasteiger charge is -2.22. The summed E-state index contributed by atoms with van der Waals surface area (Å²) in [6.07, 6.45) is 0.644. The number of hydrogen-bond acceptors (Lipinski definition) is 7. The number of allylic oxidation sites excluding steroid dienone is 1. The molecular formula is C23H28FN3O7S. The summed E-state index contributed by atoms with van der Waals surface area (Å²) in [5.74, 6) is -2.25. The van der Waals surface area contributed by atoms with Crippen molar-refractivity contribution >= 4 is 44.9 Å². The van der Waals surface area contributed by atoms with Crippen molar-refractivity contribution in [3.63, 3.8) is 0 Å². The summed E-state index contributed by atoms with van der Waals surface area (Å²) in [5.41, 5.74) is -0.304. The van der Waals surface area contributed by atoms with E-state index in [0.717, 1.165) is 0 Å². The minimum Gasteiger partial charge on any atom is -0.450 e. The minimum atomic E-state index is -2.92. The van der Waals surface area contributed by atoms with E-state index < -0.39 is 45.2 Å². The third kappa shape index (κ3) is 6.44. The Morgan fingerprint density at radius 1 is 1.31 bits per heavy atom. The van der Waals surface area contributed by atoms with E-state index in [0.29, 0.717) is 16.8 Å². The number of benzene rings is 1. The van der Waals surface area contributed by atoms with E-state index in [1.807, 2.05) is 0 Å². The average Bonchev–Trinajstić information content (AvgIpc) is 3.12. The van der Waals surface area contributed by atoms with Crippen LogP contribution in [0.1, 0.15) is 39.7 Å². The van der Waals surface area contributed by atoms with Gasteiger partial charge in [-0.2, -0.15) is 4.36 Å². The second-order valence-electron chi connectivity index (χ2n) is 8.84. The van der Waals surface area contributed by atoms with Gasteiger partial charge in [-0.05, 0) is 44.0 Å². The molecule has 0 radical (unpaired) electrons. The van der Waals surface area contributed by atoms with Gasteiger partial charge < -0.3 is 14.8 Å². The number of rotatable bonds is 6. The molecule has 2 aliphatic rings. The molecule has 2 heterocycles. The number of esters is 1. The number of carbonyl (C=O) groups is 4. The number of halogens is 1. The van der Waals surface area contributed by atoms with E-state index in [-0.39, 0.29) is 36.9 Å². The molecule has 0 aliphatic carbocycles. The topological polar surface area (TPSA) is 131 Å². The van der Waals surface area contributed by atoms with Crippen molar-refractivity contribution in [1.29, 1.82) is 0 Å². The zero-order valence-corrected chi connectivity index (χ0v) is 20.8. The Morgan fingerprint density at radius 2 is 2.03 bits per heavy atom. The second-order valence-corrected chi connectivity index (χ2v) is 11.3. The standard InChI is InChI=1S/C23H28FN3O7S/c1-14(28)25-12-18-13-27(22(31)33-18)17-5-6-19(20(24)11-17)16-7-9-35(32,10-8-16)26-21(30)23(3,4)34-15(2)29/h5-7,11,18H,8-10,12-13H2,1-4H3,(H,25,28)/t18-,35?/m0/s1. The molecule has 0 aromatic heterocycles. The van der Waals surface area contributed by atoms with Crippen molar-refractivity contribution in [2.24, 2.45) is 4.36 Å². The lowest BCUT2D eigenvalue weighted by molar-refractivity contribution is -0.161. The van der Waals surface area contributed by atoms with Crippen molar-refractivity contribution in [1.82, 2.24) is 5.32 Å². The normalized spacial score (nSPS) is 22.2. The predicted octanol–water partition coefficient (Wildman–Crippen LogP) is 2.41. The van der Waals surface area contributed by atoms with E-state index in [1.54, 1.807) is 12.1 Å². The van der Waals surface area contributed by atoms with Gasteiger partial charge in [0, 0.05) is 25.2 Å². The third-order valence-electron chi connectivity index (χ3n) is 5.51. The first-order valence-electron chi connectivity index (χ1n) is 11.0. The Morgan fingerprint density at radius 3 is 2.60 bits per heavy atom. The van der Waals surface area contributed by atoms with Gasteiger partial charge in [0.15, 0.2) is 5.60 Å². The van der Waals surface area contributed by atoms with Crippen molar-refractivity contribution in [2.75, 3.05) is 29.5 Å². The highest BCUT2D eigenvalue weighted by atomic mass is 32.2. The number of nitrogens with zero attached hydrogens (tertiary/aromatic N) is 2. The summed E-state index contributed by atoms with van der Waals surface area (Å²) in [6, 6.07) is 4.34. The maximum Gasteiger partial charge on any atom is 0.414 e. The number of ether oxygens (including phenoxy) is 2. The van der Waals surface area contributed by atoms with Crippen LogP contribution in [-0.2, 0) is 33.6 Å². The predicted molar refractivity (Wildman–Crippen MR) is 126 cm³/mol. The van der Waals surface area contributed by atoms with Crippen molar-refractivity contribution in [3.05, 3.63) is 35.7 Å². The number of amides is 3. The lowest BCUT2D eigenvalue weighted by Crippen LogP contribution is -2.36. The summed E-state index contributed by atoms with van der Waals surface area (Å²) in [7, 11) is -2.92. The Kier molecular flexibility index (Phi) is 7.63. The van der Waals surface area contributed by atoms with E-state index in [2.05, 4.69) is 9.68 Å². The van der Waals surface area contributed by atoms with E-state index >= 15 is 0 Å². The molecule has 1 aromatic rings. The van der Waals surface area contributed by atoms with Crippen molar-refractivity contribution in [3.8, 4) is 0 Å². The molecule has 1 unspecified atom stereocenters. The van der Waals surface area contributed by atoms with Crippen LogP contribution in [0.4, 0.5) is 14.9 Å². The van der Waals surface area contributed by atoms with Crippen LogP contribution >= 0.6 is 0 Å². The summed E-state index contributed by atoms with van der Waals surface area (Å²) < 4.78 is 42.0. The molecule has 0 saturated carbocycles. The fourth-order valence-corrected chi connectivity index (χ4v) is 5.56. The molecule has 190 valence electrons. The van der Waals surface area contributed by atoms with Gasteiger partial charge >= 0.3 is 12.1 Å². The van der Waals surface area contributed by atoms with E-state index in [4.69, 9.17) is 9.47 Å². The van der Waals surface area contributed by atoms with Crippen LogP contribution in [0.3, 0.4) is 0 Å². The fourth-order valence-electron chi connectivity index (χ4n) is 3.71. The summed E-state index contributed by atoms with van der Waals surface area (Å²) in [4.78, 5) is 48.1. The van der Waals surface area contributed by atoms with Crippen molar-refractivity contribution < 1.29 is 37.3 Å². The molecule has 12 heteroatoms. The smallest absolute Gasteiger partial charge is 0.414 e. The molecule has 0 bridgehead atoms. The molecule has 3 rings (SSSR count). The molecule has 2 atom stereocenters. The maximum absolute atomic E-state index is 15.0. The van der Waals surface area contributed by atoms with Crippen molar-refractivity contribution in [2.45, 2.75) is 45.8 Å². The van der Waals surface area contributed by atoms with Crippen LogP contribution in [0, 0.1) is 5.82 Å². The Balaban J connectivity index is 1.73. The van der Waals surface area contributed by atoms with Crippen LogP contribution in [0.25, 0.3) is 5.57 Å². The molecule has 1 N–H and O–H groups in total. The average molecular weight is 510 g/mol. The molecule has 1 saturated heterocycles. The fraction of sp³-hybridized carbons (Fsp3) is 0.478. The Bertz CT molecular complexity index is 1220. The summed E-state index contributed by atoms with van der Waals surface area (Å²) in [6.45, 7) is 5.61.